The van der Waals surface area contributed by atoms with Crippen LogP contribution in [0.1, 0.15) is 50.3 Å². The predicted octanol–water partition coefficient (Wildman–Crippen LogP) is 3.01. The molecule has 6 heteroatoms. The van der Waals surface area contributed by atoms with E-state index in [0.29, 0.717) is 11.7 Å². The molecular formula is C11H17ClN2O2S. The van der Waals surface area contributed by atoms with Crippen molar-refractivity contribution in [3.63, 3.8) is 0 Å². The van der Waals surface area contributed by atoms with E-state index >= 15 is 0 Å². The van der Waals surface area contributed by atoms with Crippen LogP contribution in [0, 0.1) is 6.92 Å². The van der Waals surface area contributed by atoms with E-state index in [1.165, 1.54) is 31.9 Å². The van der Waals surface area contributed by atoms with Gasteiger partial charge in [-0.3, -0.25) is 4.68 Å². The molecule has 2 rings (SSSR count). The highest BCUT2D eigenvalue weighted by molar-refractivity contribution is 8.13. The minimum atomic E-state index is -3.67. The van der Waals surface area contributed by atoms with Gasteiger partial charge in [0.05, 0.1) is 17.9 Å². The first-order valence-corrected chi connectivity index (χ1v) is 8.30. The molecule has 0 N–H and O–H groups in total. The second kappa shape index (κ2) is 4.98. The first-order chi connectivity index (χ1) is 8.00. The Bertz CT molecular complexity index is 488. The van der Waals surface area contributed by atoms with Gasteiger partial charge in [-0.15, -0.1) is 0 Å². The number of hydrogen-bond acceptors (Lipinski definition) is 3. The molecule has 1 aliphatic carbocycles. The lowest BCUT2D eigenvalue weighted by molar-refractivity contribution is 0.397. The fourth-order valence-corrected chi connectivity index (χ4v) is 3.59. The summed E-state index contributed by atoms with van der Waals surface area (Å²) >= 11 is 0. The zero-order chi connectivity index (χ0) is 12.5. The minimum Gasteiger partial charge on any atom is -0.265 e. The third-order valence-electron chi connectivity index (χ3n) is 3.43. The molecule has 17 heavy (non-hydrogen) atoms. The van der Waals surface area contributed by atoms with Crippen molar-refractivity contribution in [1.82, 2.24) is 9.78 Å². The highest BCUT2D eigenvalue weighted by Crippen LogP contribution is 2.29. The highest BCUT2D eigenvalue weighted by atomic mass is 35.7. The Morgan fingerprint density at radius 1 is 1.29 bits per heavy atom. The Morgan fingerprint density at radius 2 is 1.88 bits per heavy atom. The van der Waals surface area contributed by atoms with Gasteiger partial charge in [0, 0.05) is 10.7 Å². The first-order valence-electron chi connectivity index (χ1n) is 5.99. The van der Waals surface area contributed by atoms with Crippen LogP contribution < -0.4 is 0 Å². The Balaban J connectivity index is 2.30. The Hall–Kier alpha value is -0.550. The van der Waals surface area contributed by atoms with Crippen LogP contribution in [0.5, 0.6) is 0 Å². The molecule has 0 spiro atoms. The van der Waals surface area contributed by atoms with Crippen molar-refractivity contribution >= 4 is 19.7 Å². The van der Waals surface area contributed by atoms with Gasteiger partial charge in [0.1, 0.15) is 4.90 Å². The maximum absolute atomic E-state index is 11.3. The molecule has 1 aromatic rings. The SMILES string of the molecule is Cc1c(S(=O)(=O)Cl)cnn1C1CCCCCC1. The second-order valence-corrected chi connectivity index (χ2v) is 7.16. The molecule has 0 aliphatic heterocycles. The van der Waals surface area contributed by atoms with Gasteiger partial charge in [-0.1, -0.05) is 25.7 Å². The van der Waals surface area contributed by atoms with Crippen LogP contribution in [0.25, 0.3) is 0 Å². The van der Waals surface area contributed by atoms with E-state index in [9.17, 15) is 8.42 Å². The lowest BCUT2D eigenvalue weighted by Crippen LogP contribution is -2.11. The predicted molar refractivity (Wildman–Crippen MR) is 66.7 cm³/mol. The summed E-state index contributed by atoms with van der Waals surface area (Å²) in [6.07, 6.45) is 8.41. The summed E-state index contributed by atoms with van der Waals surface area (Å²) in [6, 6.07) is 0.324. The van der Waals surface area contributed by atoms with E-state index in [0.717, 1.165) is 12.8 Å². The molecule has 1 aromatic heterocycles. The van der Waals surface area contributed by atoms with Crippen LogP contribution in [0.15, 0.2) is 11.1 Å². The van der Waals surface area contributed by atoms with Gasteiger partial charge < -0.3 is 0 Å². The summed E-state index contributed by atoms with van der Waals surface area (Å²) in [6.45, 7) is 1.77. The van der Waals surface area contributed by atoms with Crippen molar-refractivity contribution in [2.75, 3.05) is 0 Å². The molecular weight excluding hydrogens is 260 g/mol. The van der Waals surface area contributed by atoms with Crippen molar-refractivity contribution in [2.24, 2.45) is 0 Å². The number of nitrogens with zero attached hydrogens (tertiary/aromatic N) is 2. The Morgan fingerprint density at radius 3 is 2.35 bits per heavy atom. The molecule has 0 atom stereocenters. The van der Waals surface area contributed by atoms with Gasteiger partial charge in [-0.25, -0.2) is 8.42 Å². The molecule has 96 valence electrons. The minimum absolute atomic E-state index is 0.142. The van der Waals surface area contributed by atoms with E-state index in [4.69, 9.17) is 10.7 Å². The fourth-order valence-electron chi connectivity index (χ4n) is 2.52. The van der Waals surface area contributed by atoms with Crippen LogP contribution in [-0.4, -0.2) is 18.2 Å². The lowest BCUT2D eigenvalue weighted by Gasteiger charge is -2.16. The summed E-state index contributed by atoms with van der Waals surface area (Å²) in [5.74, 6) is 0. The molecule has 0 amide bonds. The maximum atomic E-state index is 11.3. The van der Waals surface area contributed by atoms with Gasteiger partial charge in [0.2, 0.25) is 0 Å². The molecule has 0 radical (unpaired) electrons. The lowest BCUT2D eigenvalue weighted by atomic mass is 10.1. The molecule has 1 fully saturated rings. The molecule has 0 unspecified atom stereocenters. The summed E-state index contributed by atoms with van der Waals surface area (Å²) < 4.78 is 24.5. The largest absolute Gasteiger partial charge is 0.265 e. The summed E-state index contributed by atoms with van der Waals surface area (Å²) in [7, 11) is 1.70. The fraction of sp³-hybridized carbons (Fsp3) is 0.727. The molecule has 1 heterocycles. The number of hydrogen-bond donors (Lipinski definition) is 0. The zero-order valence-corrected chi connectivity index (χ0v) is 11.5. The van der Waals surface area contributed by atoms with E-state index < -0.39 is 9.05 Å². The molecule has 0 aromatic carbocycles. The monoisotopic (exact) mass is 276 g/mol. The summed E-state index contributed by atoms with van der Waals surface area (Å²) in [5, 5.41) is 4.20. The van der Waals surface area contributed by atoms with Gasteiger partial charge >= 0.3 is 0 Å². The van der Waals surface area contributed by atoms with Crippen LogP contribution in [0.3, 0.4) is 0 Å². The van der Waals surface area contributed by atoms with Gasteiger partial charge in [-0.2, -0.15) is 5.10 Å². The molecule has 1 saturated carbocycles. The normalized spacial score (nSPS) is 19.2. The molecule has 0 bridgehead atoms. The van der Waals surface area contributed by atoms with Crippen molar-refractivity contribution in [3.8, 4) is 0 Å². The third-order valence-corrected chi connectivity index (χ3v) is 4.86. The summed E-state index contributed by atoms with van der Waals surface area (Å²) in [4.78, 5) is 0.142. The van der Waals surface area contributed by atoms with Gasteiger partial charge in [-0.05, 0) is 19.8 Å². The molecule has 1 aliphatic rings. The molecule has 0 saturated heterocycles. The van der Waals surface area contributed by atoms with Crippen LogP contribution in [0.2, 0.25) is 0 Å². The van der Waals surface area contributed by atoms with Crippen molar-refractivity contribution < 1.29 is 8.42 Å². The number of rotatable bonds is 2. The van der Waals surface area contributed by atoms with Crippen LogP contribution >= 0.6 is 10.7 Å². The third kappa shape index (κ3) is 2.83. The maximum Gasteiger partial charge on any atom is 0.264 e. The molecule has 4 nitrogen and oxygen atoms in total. The Labute approximate surface area is 106 Å². The topological polar surface area (TPSA) is 52.0 Å². The van der Waals surface area contributed by atoms with E-state index in [1.807, 2.05) is 4.68 Å². The van der Waals surface area contributed by atoms with Gasteiger partial charge in [0.25, 0.3) is 9.05 Å². The van der Waals surface area contributed by atoms with Crippen LogP contribution in [0.4, 0.5) is 0 Å². The first kappa shape index (κ1) is 12.9. The smallest absolute Gasteiger partial charge is 0.264 e. The Kier molecular flexibility index (Phi) is 3.78. The second-order valence-electron chi connectivity index (χ2n) is 4.62. The average Bonchev–Trinajstić information content (AvgIpc) is 2.50. The average molecular weight is 277 g/mol. The van der Waals surface area contributed by atoms with E-state index in [2.05, 4.69) is 5.10 Å². The van der Waals surface area contributed by atoms with Gasteiger partial charge in [0.15, 0.2) is 0 Å². The van der Waals surface area contributed by atoms with Crippen molar-refractivity contribution in [1.29, 1.82) is 0 Å². The van der Waals surface area contributed by atoms with Crippen molar-refractivity contribution in [2.45, 2.75) is 56.4 Å². The quantitative estimate of drug-likeness (QED) is 0.616. The van der Waals surface area contributed by atoms with E-state index in [1.54, 1.807) is 6.92 Å². The standard InChI is InChI=1S/C11H17ClN2O2S/c1-9-11(17(12,15)16)8-13-14(9)10-6-4-2-3-5-7-10/h8,10H,2-7H2,1H3. The number of aromatic nitrogens is 2. The van der Waals surface area contributed by atoms with Crippen molar-refractivity contribution in [3.05, 3.63) is 11.9 Å². The highest BCUT2D eigenvalue weighted by Gasteiger charge is 2.22. The number of halogens is 1. The summed E-state index contributed by atoms with van der Waals surface area (Å²) in [5.41, 5.74) is 0.659. The van der Waals surface area contributed by atoms with Crippen LogP contribution in [-0.2, 0) is 9.05 Å². The zero-order valence-electron chi connectivity index (χ0n) is 9.89. The van der Waals surface area contributed by atoms with E-state index in [-0.39, 0.29) is 4.90 Å².